The zero-order valence-corrected chi connectivity index (χ0v) is 14.9. The Balaban J connectivity index is 2.94. The summed E-state index contributed by atoms with van der Waals surface area (Å²) in [7, 11) is 2.88. The third-order valence-corrected chi connectivity index (χ3v) is 3.57. The van der Waals surface area contributed by atoms with Crippen molar-refractivity contribution >= 4 is 40.8 Å². The number of carbonyl (C=O) groups excluding carboxylic acids is 2. The van der Waals surface area contributed by atoms with E-state index in [1.54, 1.807) is 19.1 Å². The van der Waals surface area contributed by atoms with E-state index in [1.807, 2.05) is 0 Å². The molecule has 1 rings (SSSR count). The minimum Gasteiger partial charge on any atom is -0.495 e. The number of ether oxygens (including phenoxy) is 2. The highest BCUT2D eigenvalue weighted by Gasteiger charge is 2.19. The molecule has 0 radical (unpaired) electrons. The Morgan fingerprint density at radius 3 is 2.43 bits per heavy atom. The highest BCUT2D eigenvalue weighted by Crippen LogP contribution is 2.34. The molecular weight excluding hydrogens is 343 g/mol. The van der Waals surface area contributed by atoms with Crippen molar-refractivity contribution in [1.82, 2.24) is 5.01 Å². The monoisotopic (exact) mass is 360 g/mol. The van der Waals surface area contributed by atoms with Gasteiger partial charge in [0.15, 0.2) is 0 Å². The van der Waals surface area contributed by atoms with Crippen LogP contribution >= 0.6 is 23.2 Å². The van der Waals surface area contributed by atoms with Crippen LogP contribution in [0.5, 0.6) is 5.75 Å². The number of esters is 1. The summed E-state index contributed by atoms with van der Waals surface area (Å²) < 4.78 is 10.00. The zero-order valence-electron chi connectivity index (χ0n) is 13.4. The van der Waals surface area contributed by atoms with Crippen LogP contribution in [0, 0.1) is 0 Å². The maximum atomic E-state index is 12.3. The number of nitrogens with zero attached hydrogens (tertiary/aromatic N) is 2. The Hall–Kier alpha value is -1.79. The molecule has 0 N–H and O–H groups in total. The van der Waals surface area contributed by atoms with Crippen LogP contribution in [0.2, 0.25) is 10.0 Å². The van der Waals surface area contributed by atoms with Crippen LogP contribution in [-0.4, -0.2) is 43.4 Å². The van der Waals surface area contributed by atoms with Crippen molar-refractivity contribution < 1.29 is 19.1 Å². The smallest absolute Gasteiger partial charge is 0.354 e. The first-order valence-electron chi connectivity index (χ1n) is 6.81. The van der Waals surface area contributed by atoms with E-state index in [2.05, 4.69) is 5.10 Å². The van der Waals surface area contributed by atoms with Crippen molar-refractivity contribution in [2.24, 2.45) is 5.10 Å². The molecule has 0 aliphatic rings. The number of hydrazone groups is 1. The quantitative estimate of drug-likeness (QED) is 0.444. The maximum Gasteiger partial charge on any atom is 0.354 e. The number of carbonyl (C=O) groups is 2. The van der Waals surface area contributed by atoms with Crippen LogP contribution in [0.25, 0.3) is 0 Å². The summed E-state index contributed by atoms with van der Waals surface area (Å²) in [6, 6.07) is 3.17. The summed E-state index contributed by atoms with van der Waals surface area (Å²) in [5, 5.41) is 5.68. The maximum absolute atomic E-state index is 12.3. The van der Waals surface area contributed by atoms with Gasteiger partial charge in [-0.3, -0.25) is 4.79 Å². The van der Waals surface area contributed by atoms with Gasteiger partial charge < -0.3 is 9.47 Å². The third-order valence-electron chi connectivity index (χ3n) is 2.92. The van der Waals surface area contributed by atoms with Crippen LogP contribution in [0.1, 0.15) is 19.4 Å². The van der Waals surface area contributed by atoms with Gasteiger partial charge in [0.05, 0.1) is 25.2 Å². The van der Waals surface area contributed by atoms with Crippen molar-refractivity contribution in [3.8, 4) is 5.75 Å². The summed E-state index contributed by atoms with van der Waals surface area (Å²) in [4.78, 5) is 23.8. The Morgan fingerprint density at radius 1 is 1.26 bits per heavy atom. The van der Waals surface area contributed by atoms with E-state index in [9.17, 15) is 9.59 Å². The second-order valence-electron chi connectivity index (χ2n) is 4.54. The van der Waals surface area contributed by atoms with Crippen molar-refractivity contribution in [2.45, 2.75) is 20.3 Å². The van der Waals surface area contributed by atoms with Crippen LogP contribution in [-0.2, 0) is 20.7 Å². The van der Waals surface area contributed by atoms with Crippen LogP contribution in [0.3, 0.4) is 0 Å². The average Bonchev–Trinajstić information content (AvgIpc) is 2.51. The molecule has 0 heterocycles. The molecule has 0 atom stereocenters. The third kappa shape index (κ3) is 5.11. The number of rotatable bonds is 6. The Kier molecular flexibility index (Phi) is 7.32. The molecule has 23 heavy (non-hydrogen) atoms. The van der Waals surface area contributed by atoms with Gasteiger partial charge in [-0.2, -0.15) is 5.10 Å². The molecule has 6 nitrogen and oxygen atoms in total. The fraction of sp³-hybridized carbons (Fsp3) is 0.400. The predicted octanol–water partition coefficient (Wildman–Crippen LogP) is 2.94. The number of likely N-dealkylation sites (N-methyl/N-ethyl adjacent to an activating group) is 1. The van der Waals surface area contributed by atoms with Crippen molar-refractivity contribution in [1.29, 1.82) is 0 Å². The summed E-state index contributed by atoms with van der Waals surface area (Å²) in [5.74, 6) is -0.617. The van der Waals surface area contributed by atoms with Crippen molar-refractivity contribution in [2.75, 3.05) is 20.8 Å². The van der Waals surface area contributed by atoms with Gasteiger partial charge in [0.2, 0.25) is 5.91 Å². The molecule has 1 aromatic carbocycles. The second kappa shape index (κ2) is 8.74. The number of hydrogen-bond acceptors (Lipinski definition) is 5. The van der Waals surface area contributed by atoms with Gasteiger partial charge in [0.25, 0.3) is 0 Å². The molecule has 0 aromatic heterocycles. The Morgan fingerprint density at radius 2 is 1.87 bits per heavy atom. The van der Waals surface area contributed by atoms with Crippen LogP contribution in [0.15, 0.2) is 17.2 Å². The SMILES string of the molecule is CCOC(=O)C(C)=NN(C)C(=O)Cc1c(Cl)ccc(Cl)c1OC. The van der Waals surface area contributed by atoms with E-state index in [1.165, 1.54) is 21.1 Å². The molecule has 0 saturated heterocycles. The van der Waals surface area contributed by atoms with Gasteiger partial charge >= 0.3 is 5.97 Å². The lowest BCUT2D eigenvalue weighted by molar-refractivity contribution is -0.135. The summed E-state index contributed by atoms with van der Waals surface area (Å²) in [5.41, 5.74) is 0.536. The molecule has 8 heteroatoms. The van der Waals surface area contributed by atoms with Gasteiger partial charge in [0.1, 0.15) is 11.5 Å². The molecule has 0 aliphatic heterocycles. The van der Waals surface area contributed by atoms with E-state index in [-0.39, 0.29) is 24.6 Å². The fourth-order valence-electron chi connectivity index (χ4n) is 1.78. The topological polar surface area (TPSA) is 68.2 Å². The summed E-state index contributed by atoms with van der Waals surface area (Å²) >= 11 is 12.1. The summed E-state index contributed by atoms with van der Waals surface area (Å²) in [6.45, 7) is 3.39. The van der Waals surface area contributed by atoms with E-state index in [4.69, 9.17) is 32.7 Å². The number of benzene rings is 1. The number of methoxy groups -OCH3 is 1. The first kappa shape index (κ1) is 19.3. The Labute approximate surface area is 144 Å². The van der Waals surface area contributed by atoms with Gasteiger partial charge in [-0.25, -0.2) is 9.80 Å². The standard InChI is InChI=1S/C15H18Cl2N2O4/c1-5-23-15(21)9(2)18-19(3)13(20)8-10-11(16)6-7-12(17)14(10)22-4/h6-7H,5,8H2,1-4H3. The number of hydrogen-bond donors (Lipinski definition) is 0. The molecule has 126 valence electrons. The molecular formula is C15H18Cl2N2O4. The van der Waals surface area contributed by atoms with E-state index >= 15 is 0 Å². The molecule has 0 unspecified atom stereocenters. The van der Waals surface area contributed by atoms with E-state index in [0.717, 1.165) is 5.01 Å². The first-order chi connectivity index (χ1) is 10.8. The number of amides is 1. The summed E-state index contributed by atoms with van der Waals surface area (Å²) in [6.07, 6.45) is -0.0708. The predicted molar refractivity (Wildman–Crippen MR) is 89.2 cm³/mol. The molecule has 0 saturated carbocycles. The highest BCUT2D eigenvalue weighted by molar-refractivity contribution is 6.36. The van der Waals surface area contributed by atoms with Crippen LogP contribution < -0.4 is 4.74 Å². The lowest BCUT2D eigenvalue weighted by Gasteiger charge is -2.15. The van der Waals surface area contributed by atoms with Gasteiger partial charge in [0, 0.05) is 17.6 Å². The zero-order chi connectivity index (χ0) is 17.6. The van der Waals surface area contributed by atoms with Crippen molar-refractivity contribution in [3.63, 3.8) is 0 Å². The molecule has 1 amide bonds. The normalized spacial score (nSPS) is 11.1. The second-order valence-corrected chi connectivity index (χ2v) is 5.36. The first-order valence-corrected chi connectivity index (χ1v) is 7.57. The molecule has 0 fully saturated rings. The van der Waals surface area contributed by atoms with Gasteiger partial charge in [-0.1, -0.05) is 23.2 Å². The number of halogens is 2. The van der Waals surface area contributed by atoms with E-state index < -0.39 is 5.97 Å². The lowest BCUT2D eigenvalue weighted by Crippen LogP contribution is -2.27. The largest absolute Gasteiger partial charge is 0.495 e. The molecule has 1 aromatic rings. The average molecular weight is 361 g/mol. The molecule has 0 aliphatic carbocycles. The highest BCUT2D eigenvalue weighted by atomic mass is 35.5. The van der Waals surface area contributed by atoms with E-state index in [0.29, 0.717) is 21.4 Å². The van der Waals surface area contributed by atoms with Crippen LogP contribution in [0.4, 0.5) is 0 Å². The Bertz CT molecular complexity index is 632. The van der Waals surface area contributed by atoms with Gasteiger partial charge in [-0.05, 0) is 26.0 Å². The minimum atomic E-state index is -0.578. The fourth-order valence-corrected chi connectivity index (χ4v) is 2.25. The molecule has 0 bridgehead atoms. The van der Waals surface area contributed by atoms with Crippen molar-refractivity contribution in [3.05, 3.63) is 27.7 Å². The van der Waals surface area contributed by atoms with Gasteiger partial charge in [-0.15, -0.1) is 0 Å². The lowest BCUT2D eigenvalue weighted by atomic mass is 10.1. The molecule has 0 spiro atoms. The minimum absolute atomic E-state index is 0.0708.